The summed E-state index contributed by atoms with van der Waals surface area (Å²) in [7, 11) is 0. The molecule has 2 aromatic rings. The second-order valence-electron chi connectivity index (χ2n) is 3.32. The molecule has 0 fully saturated rings. The topological polar surface area (TPSA) is 33.1 Å². The maximum absolute atomic E-state index is 8.78. The summed E-state index contributed by atoms with van der Waals surface area (Å²) in [5.41, 5.74) is 2.28. The molecular weight excluding hydrogens is 174 g/mol. The zero-order valence-corrected chi connectivity index (χ0v) is 7.98. The first-order chi connectivity index (χ1) is 6.92. The average Bonchev–Trinajstić information content (AvgIpc) is 2.26. The molecule has 0 bridgehead atoms. The largest absolute Gasteiger partial charge is 0.396 e. The van der Waals surface area contributed by atoms with Crippen LogP contribution in [0.4, 0.5) is 0 Å². The van der Waals surface area contributed by atoms with Crippen molar-refractivity contribution in [3.05, 3.63) is 42.1 Å². The Morgan fingerprint density at radius 1 is 1.14 bits per heavy atom. The average molecular weight is 187 g/mol. The van der Waals surface area contributed by atoms with Gasteiger partial charge in [-0.05, 0) is 24.5 Å². The third-order valence-corrected chi connectivity index (χ3v) is 2.32. The van der Waals surface area contributed by atoms with E-state index in [0.29, 0.717) is 0 Å². The monoisotopic (exact) mass is 187 g/mol. The molecular formula is C12H13NO. The van der Waals surface area contributed by atoms with Crippen molar-refractivity contribution < 1.29 is 5.11 Å². The van der Waals surface area contributed by atoms with E-state index in [1.54, 1.807) is 0 Å². The van der Waals surface area contributed by atoms with Gasteiger partial charge in [0.15, 0.2) is 0 Å². The minimum absolute atomic E-state index is 0.239. The first-order valence-electron chi connectivity index (χ1n) is 4.85. The van der Waals surface area contributed by atoms with Gasteiger partial charge in [0.1, 0.15) is 0 Å². The fraction of sp³-hybridized carbons (Fsp3) is 0.250. The second kappa shape index (κ2) is 4.20. The van der Waals surface area contributed by atoms with Gasteiger partial charge in [0, 0.05) is 18.2 Å². The van der Waals surface area contributed by atoms with Crippen LogP contribution in [0.5, 0.6) is 0 Å². The van der Waals surface area contributed by atoms with Crippen LogP contribution in [-0.4, -0.2) is 16.7 Å². The van der Waals surface area contributed by atoms with E-state index < -0.39 is 0 Å². The number of pyridine rings is 1. The van der Waals surface area contributed by atoms with Gasteiger partial charge in [-0.1, -0.05) is 24.3 Å². The van der Waals surface area contributed by atoms with E-state index >= 15 is 0 Å². The first kappa shape index (κ1) is 9.16. The van der Waals surface area contributed by atoms with Gasteiger partial charge in [-0.3, -0.25) is 4.98 Å². The molecule has 0 radical (unpaired) electrons. The van der Waals surface area contributed by atoms with Crippen LogP contribution in [-0.2, 0) is 6.42 Å². The van der Waals surface area contributed by atoms with Crippen molar-refractivity contribution in [3.63, 3.8) is 0 Å². The third-order valence-electron chi connectivity index (χ3n) is 2.32. The lowest BCUT2D eigenvalue weighted by Crippen LogP contribution is -1.92. The van der Waals surface area contributed by atoms with Gasteiger partial charge in [-0.25, -0.2) is 0 Å². The van der Waals surface area contributed by atoms with Crippen molar-refractivity contribution >= 4 is 10.9 Å². The van der Waals surface area contributed by atoms with Crippen LogP contribution < -0.4 is 0 Å². The van der Waals surface area contributed by atoms with Gasteiger partial charge in [0.2, 0.25) is 0 Å². The van der Waals surface area contributed by atoms with Crippen LogP contribution in [0.15, 0.2) is 36.5 Å². The number of hydrogen-bond donors (Lipinski definition) is 1. The van der Waals surface area contributed by atoms with E-state index in [0.717, 1.165) is 18.4 Å². The van der Waals surface area contributed by atoms with Gasteiger partial charge < -0.3 is 5.11 Å². The second-order valence-corrected chi connectivity index (χ2v) is 3.32. The quantitative estimate of drug-likeness (QED) is 0.798. The van der Waals surface area contributed by atoms with Gasteiger partial charge in [-0.2, -0.15) is 0 Å². The number of aliphatic hydroxyl groups is 1. The normalized spacial score (nSPS) is 10.6. The predicted molar refractivity (Wildman–Crippen MR) is 57.1 cm³/mol. The molecule has 0 saturated heterocycles. The molecule has 0 aliphatic carbocycles. The highest BCUT2D eigenvalue weighted by Crippen LogP contribution is 2.16. The van der Waals surface area contributed by atoms with Crippen molar-refractivity contribution in [1.29, 1.82) is 0 Å². The van der Waals surface area contributed by atoms with Gasteiger partial charge in [-0.15, -0.1) is 0 Å². The van der Waals surface area contributed by atoms with E-state index in [9.17, 15) is 0 Å². The Balaban J connectivity index is 2.43. The molecule has 1 N–H and O–H groups in total. The highest BCUT2D eigenvalue weighted by molar-refractivity contribution is 5.81. The standard InChI is InChI=1S/C12H13NO/c14-9-3-7-11-5-1-4-10-6-2-8-13-12(10)11/h1-2,4-6,8,14H,3,7,9H2. The van der Waals surface area contributed by atoms with Crippen LogP contribution >= 0.6 is 0 Å². The predicted octanol–water partition coefficient (Wildman–Crippen LogP) is 2.16. The molecule has 1 aromatic heterocycles. The Morgan fingerprint density at radius 2 is 2.00 bits per heavy atom. The van der Waals surface area contributed by atoms with Gasteiger partial charge in [0.25, 0.3) is 0 Å². The first-order valence-corrected chi connectivity index (χ1v) is 4.85. The summed E-state index contributed by atoms with van der Waals surface area (Å²) in [6.07, 6.45) is 3.51. The van der Waals surface area contributed by atoms with Crippen molar-refractivity contribution in [2.24, 2.45) is 0 Å². The SMILES string of the molecule is OCCCc1cccc2cccnc12. The number of nitrogens with zero attached hydrogens (tertiary/aromatic N) is 1. The van der Waals surface area contributed by atoms with Crippen molar-refractivity contribution in [1.82, 2.24) is 4.98 Å². The van der Waals surface area contributed by atoms with Crippen LogP contribution in [0.2, 0.25) is 0 Å². The molecule has 1 heterocycles. The number of aromatic nitrogens is 1. The number of aryl methyl sites for hydroxylation is 1. The lowest BCUT2D eigenvalue weighted by molar-refractivity contribution is 0.288. The van der Waals surface area contributed by atoms with Gasteiger partial charge >= 0.3 is 0 Å². The Labute approximate surface area is 83.2 Å². The molecule has 2 heteroatoms. The number of fused-ring (bicyclic) bond motifs is 1. The summed E-state index contributed by atoms with van der Waals surface area (Å²) in [6.45, 7) is 0.239. The lowest BCUT2D eigenvalue weighted by Gasteiger charge is -2.03. The molecule has 0 amide bonds. The number of aliphatic hydroxyl groups excluding tert-OH is 1. The van der Waals surface area contributed by atoms with E-state index in [2.05, 4.69) is 23.2 Å². The molecule has 14 heavy (non-hydrogen) atoms. The lowest BCUT2D eigenvalue weighted by atomic mass is 10.1. The molecule has 1 aromatic carbocycles. The number of rotatable bonds is 3. The van der Waals surface area contributed by atoms with E-state index in [1.807, 2.05) is 18.3 Å². The summed E-state index contributed by atoms with van der Waals surface area (Å²) in [5, 5.41) is 9.95. The van der Waals surface area contributed by atoms with Crippen molar-refractivity contribution in [3.8, 4) is 0 Å². The minimum atomic E-state index is 0.239. The van der Waals surface area contributed by atoms with Crippen molar-refractivity contribution in [2.75, 3.05) is 6.61 Å². The zero-order valence-electron chi connectivity index (χ0n) is 7.98. The molecule has 0 aliphatic rings. The summed E-state index contributed by atoms with van der Waals surface area (Å²) in [6, 6.07) is 10.2. The third kappa shape index (κ3) is 1.75. The van der Waals surface area contributed by atoms with Crippen LogP contribution in [0, 0.1) is 0 Å². The van der Waals surface area contributed by atoms with Crippen LogP contribution in [0.1, 0.15) is 12.0 Å². The molecule has 0 unspecified atom stereocenters. The molecule has 0 saturated carbocycles. The van der Waals surface area contributed by atoms with Gasteiger partial charge in [0.05, 0.1) is 5.52 Å². The summed E-state index contributed by atoms with van der Waals surface area (Å²) < 4.78 is 0. The highest BCUT2D eigenvalue weighted by Gasteiger charge is 2.00. The van der Waals surface area contributed by atoms with E-state index in [1.165, 1.54) is 10.9 Å². The molecule has 72 valence electrons. The number of hydrogen-bond acceptors (Lipinski definition) is 2. The molecule has 0 atom stereocenters. The summed E-state index contributed by atoms with van der Waals surface area (Å²) in [5.74, 6) is 0. The molecule has 0 spiro atoms. The fourth-order valence-corrected chi connectivity index (χ4v) is 1.64. The molecule has 0 aliphatic heterocycles. The number of para-hydroxylation sites is 1. The van der Waals surface area contributed by atoms with E-state index in [-0.39, 0.29) is 6.61 Å². The Morgan fingerprint density at radius 3 is 2.86 bits per heavy atom. The smallest absolute Gasteiger partial charge is 0.0733 e. The Hall–Kier alpha value is -1.41. The number of benzene rings is 1. The molecule has 2 rings (SSSR count). The Kier molecular flexibility index (Phi) is 2.75. The Bertz CT molecular complexity index is 420. The highest BCUT2D eigenvalue weighted by atomic mass is 16.2. The van der Waals surface area contributed by atoms with E-state index in [4.69, 9.17) is 5.11 Å². The minimum Gasteiger partial charge on any atom is -0.396 e. The fourth-order valence-electron chi connectivity index (χ4n) is 1.64. The summed E-state index contributed by atoms with van der Waals surface area (Å²) in [4.78, 5) is 4.35. The maximum atomic E-state index is 8.78. The molecule has 2 nitrogen and oxygen atoms in total. The van der Waals surface area contributed by atoms with Crippen LogP contribution in [0.3, 0.4) is 0 Å². The maximum Gasteiger partial charge on any atom is 0.0733 e. The summed E-state index contributed by atoms with van der Waals surface area (Å²) >= 11 is 0. The van der Waals surface area contributed by atoms with Crippen molar-refractivity contribution in [2.45, 2.75) is 12.8 Å². The van der Waals surface area contributed by atoms with Crippen LogP contribution in [0.25, 0.3) is 10.9 Å². The zero-order chi connectivity index (χ0) is 9.80.